The topological polar surface area (TPSA) is 43.1 Å². The molecule has 1 aromatic rings. The van der Waals surface area contributed by atoms with Crippen molar-refractivity contribution in [2.45, 2.75) is 27.2 Å². The molecule has 19 heavy (non-hydrogen) atoms. The molecular formula is C14H23BrN2O2. The molecule has 0 spiro atoms. The largest absolute Gasteiger partial charge is 1.00 e. The molecule has 0 N–H and O–H groups in total. The van der Waals surface area contributed by atoms with E-state index < -0.39 is 0 Å². The van der Waals surface area contributed by atoms with Crippen LogP contribution in [-0.4, -0.2) is 35.6 Å². The summed E-state index contributed by atoms with van der Waals surface area (Å²) in [5, 5.41) is 10.6. The van der Waals surface area contributed by atoms with Gasteiger partial charge in [0.1, 0.15) is 0 Å². The fraction of sp³-hybridized carbons (Fsp3) is 0.571. The van der Waals surface area contributed by atoms with Crippen LogP contribution in [0.1, 0.15) is 26.3 Å². The monoisotopic (exact) mass is 330 g/mol. The van der Waals surface area contributed by atoms with Crippen LogP contribution in [0.25, 0.3) is 0 Å². The Morgan fingerprint density at radius 2 is 1.53 bits per heavy atom. The highest BCUT2D eigenvalue weighted by atomic mass is 79.9. The van der Waals surface area contributed by atoms with Gasteiger partial charge in [-0.25, -0.2) is 0 Å². The average Bonchev–Trinajstić information content (AvgIpc) is 2.41. The minimum atomic E-state index is -0.353. The molecule has 0 amide bonds. The number of hydrogen-bond acceptors (Lipinski definition) is 2. The molecule has 108 valence electrons. The number of halogens is 1. The number of non-ortho nitro benzene ring substituents is 1. The number of benzene rings is 1. The van der Waals surface area contributed by atoms with Crippen LogP contribution in [0, 0.1) is 10.1 Å². The van der Waals surface area contributed by atoms with E-state index in [-0.39, 0.29) is 27.6 Å². The predicted octanol–water partition coefficient (Wildman–Crippen LogP) is 0.0178. The number of rotatable bonds is 7. The van der Waals surface area contributed by atoms with Crippen molar-refractivity contribution in [1.82, 2.24) is 0 Å². The molecule has 0 aromatic heterocycles. The van der Waals surface area contributed by atoms with Crippen molar-refractivity contribution in [3.05, 3.63) is 39.9 Å². The molecule has 0 fully saturated rings. The summed E-state index contributed by atoms with van der Waals surface area (Å²) in [5.74, 6) is 0. The Bertz CT molecular complexity index is 381. The van der Waals surface area contributed by atoms with Crippen LogP contribution in [0.5, 0.6) is 0 Å². The third-order valence-corrected chi connectivity index (χ3v) is 4.03. The Morgan fingerprint density at radius 1 is 1.05 bits per heavy atom. The Hall–Kier alpha value is -0.940. The number of quaternary nitrogens is 1. The molecule has 0 unspecified atom stereocenters. The van der Waals surface area contributed by atoms with Crippen LogP contribution in [0.15, 0.2) is 24.3 Å². The van der Waals surface area contributed by atoms with Crippen molar-refractivity contribution in [1.29, 1.82) is 0 Å². The lowest BCUT2D eigenvalue weighted by Gasteiger charge is -2.35. The molecule has 1 rings (SSSR count). The van der Waals surface area contributed by atoms with Gasteiger partial charge in [0.05, 0.1) is 31.1 Å². The van der Waals surface area contributed by atoms with E-state index in [9.17, 15) is 10.1 Å². The van der Waals surface area contributed by atoms with E-state index in [1.807, 2.05) is 12.1 Å². The second-order valence-electron chi connectivity index (χ2n) is 4.69. The van der Waals surface area contributed by atoms with Gasteiger partial charge in [-0.3, -0.25) is 10.1 Å². The summed E-state index contributed by atoms with van der Waals surface area (Å²) in [5.41, 5.74) is 1.35. The SMILES string of the molecule is CC[N+](CC)(CC)CCc1ccc([N+](=O)[O-])cc1.[Br-]. The molecule has 0 atom stereocenters. The van der Waals surface area contributed by atoms with Gasteiger partial charge < -0.3 is 21.5 Å². The molecule has 0 heterocycles. The fourth-order valence-corrected chi connectivity index (χ4v) is 2.30. The molecule has 0 saturated carbocycles. The van der Waals surface area contributed by atoms with Crippen LogP contribution in [-0.2, 0) is 6.42 Å². The van der Waals surface area contributed by atoms with Crippen molar-refractivity contribution in [3.8, 4) is 0 Å². The lowest BCUT2D eigenvalue weighted by Crippen LogP contribution is -3.00. The molecular weight excluding hydrogens is 308 g/mol. The zero-order chi connectivity index (χ0) is 13.6. The highest BCUT2D eigenvalue weighted by Crippen LogP contribution is 2.14. The van der Waals surface area contributed by atoms with Crippen molar-refractivity contribution in [3.63, 3.8) is 0 Å². The maximum atomic E-state index is 10.6. The average molecular weight is 331 g/mol. The first-order chi connectivity index (χ1) is 8.56. The molecule has 0 aliphatic carbocycles. The minimum Gasteiger partial charge on any atom is -1.00 e. The third kappa shape index (κ3) is 4.91. The van der Waals surface area contributed by atoms with Gasteiger partial charge in [0.2, 0.25) is 0 Å². The second kappa shape index (κ2) is 8.27. The van der Waals surface area contributed by atoms with Gasteiger partial charge in [0, 0.05) is 18.6 Å². The van der Waals surface area contributed by atoms with E-state index in [1.165, 1.54) is 5.56 Å². The van der Waals surface area contributed by atoms with Gasteiger partial charge in [0.15, 0.2) is 0 Å². The summed E-state index contributed by atoms with van der Waals surface area (Å²) in [7, 11) is 0. The summed E-state index contributed by atoms with van der Waals surface area (Å²) in [6.07, 6.45) is 0.980. The van der Waals surface area contributed by atoms with Gasteiger partial charge in [-0.05, 0) is 26.3 Å². The van der Waals surface area contributed by atoms with Gasteiger partial charge in [-0.1, -0.05) is 12.1 Å². The molecule has 4 nitrogen and oxygen atoms in total. The summed E-state index contributed by atoms with van der Waals surface area (Å²) in [6.45, 7) is 11.2. The van der Waals surface area contributed by atoms with E-state index in [0.717, 1.165) is 37.1 Å². The van der Waals surface area contributed by atoms with Gasteiger partial charge in [0.25, 0.3) is 5.69 Å². The molecule has 0 aliphatic rings. The molecule has 0 bridgehead atoms. The molecule has 0 radical (unpaired) electrons. The van der Waals surface area contributed by atoms with Crippen LogP contribution < -0.4 is 17.0 Å². The Morgan fingerprint density at radius 3 is 1.89 bits per heavy atom. The van der Waals surface area contributed by atoms with Crippen LogP contribution in [0.4, 0.5) is 5.69 Å². The quantitative estimate of drug-likeness (QED) is 0.402. The predicted molar refractivity (Wildman–Crippen MR) is 73.6 cm³/mol. The Balaban J connectivity index is 0.00000324. The summed E-state index contributed by atoms with van der Waals surface area (Å²) < 4.78 is 1.11. The van der Waals surface area contributed by atoms with Gasteiger partial charge in [-0.15, -0.1) is 0 Å². The van der Waals surface area contributed by atoms with Crippen LogP contribution >= 0.6 is 0 Å². The molecule has 5 heteroatoms. The Labute approximate surface area is 125 Å². The Kier molecular flexibility index (Phi) is 7.87. The lowest BCUT2D eigenvalue weighted by molar-refractivity contribution is -0.923. The third-order valence-electron chi connectivity index (χ3n) is 4.03. The van der Waals surface area contributed by atoms with E-state index >= 15 is 0 Å². The van der Waals surface area contributed by atoms with E-state index in [4.69, 9.17) is 0 Å². The first-order valence-electron chi connectivity index (χ1n) is 6.65. The van der Waals surface area contributed by atoms with Gasteiger partial charge >= 0.3 is 0 Å². The van der Waals surface area contributed by atoms with Crippen molar-refractivity contribution in [2.24, 2.45) is 0 Å². The van der Waals surface area contributed by atoms with Crippen molar-refractivity contribution < 1.29 is 26.4 Å². The summed E-state index contributed by atoms with van der Waals surface area (Å²) >= 11 is 0. The minimum absolute atomic E-state index is 0. The van der Waals surface area contributed by atoms with E-state index in [0.29, 0.717) is 0 Å². The number of nitro groups is 1. The molecule has 0 saturated heterocycles. The highest BCUT2D eigenvalue weighted by Gasteiger charge is 2.20. The van der Waals surface area contributed by atoms with Crippen molar-refractivity contribution in [2.75, 3.05) is 26.2 Å². The second-order valence-corrected chi connectivity index (χ2v) is 4.69. The fourth-order valence-electron chi connectivity index (χ4n) is 2.30. The van der Waals surface area contributed by atoms with E-state index in [1.54, 1.807) is 12.1 Å². The zero-order valence-electron chi connectivity index (χ0n) is 11.9. The highest BCUT2D eigenvalue weighted by molar-refractivity contribution is 5.32. The number of likely N-dealkylation sites (N-methyl/N-ethyl adjacent to an activating group) is 1. The smallest absolute Gasteiger partial charge is 0.269 e. The summed E-state index contributed by atoms with van der Waals surface area (Å²) in [4.78, 5) is 10.2. The molecule has 1 aromatic carbocycles. The molecule has 0 aliphatic heterocycles. The zero-order valence-corrected chi connectivity index (χ0v) is 13.5. The number of nitrogens with zero attached hydrogens (tertiary/aromatic N) is 2. The van der Waals surface area contributed by atoms with E-state index in [2.05, 4.69) is 20.8 Å². The summed E-state index contributed by atoms with van der Waals surface area (Å²) in [6, 6.07) is 6.92. The standard InChI is InChI=1S/C14H23N2O2.BrH/c1-4-16(5-2,6-3)12-11-13-7-9-14(10-8-13)15(17)18;/h7-10H,4-6,11-12H2,1-3H3;1H/q+1;/p-1. The van der Waals surface area contributed by atoms with Gasteiger partial charge in [-0.2, -0.15) is 0 Å². The number of nitro benzene ring substituents is 1. The van der Waals surface area contributed by atoms with Crippen LogP contribution in [0.3, 0.4) is 0 Å². The lowest BCUT2D eigenvalue weighted by atomic mass is 10.1. The maximum absolute atomic E-state index is 10.6. The maximum Gasteiger partial charge on any atom is 0.269 e. The number of hydrogen-bond donors (Lipinski definition) is 0. The normalized spacial score (nSPS) is 10.9. The first-order valence-corrected chi connectivity index (χ1v) is 6.65. The first kappa shape index (κ1) is 18.1. The van der Waals surface area contributed by atoms with Crippen molar-refractivity contribution >= 4 is 5.69 Å². The van der Waals surface area contributed by atoms with Crippen LogP contribution in [0.2, 0.25) is 0 Å².